The topological polar surface area (TPSA) is 75.4 Å². The maximum Gasteiger partial charge on any atom is 0.311 e. The van der Waals surface area contributed by atoms with E-state index in [4.69, 9.17) is 17.3 Å². The molecule has 1 fully saturated rings. The molecule has 2 aromatic rings. The first-order valence-electron chi connectivity index (χ1n) is 8.68. The number of benzene rings is 2. The normalized spacial score (nSPS) is 17.8. The highest BCUT2D eigenvalue weighted by Gasteiger charge is 2.29. The molecule has 1 aliphatic heterocycles. The Kier molecular flexibility index (Phi) is 5.91. The summed E-state index contributed by atoms with van der Waals surface area (Å²) in [4.78, 5) is 26.4. The molecule has 136 valence electrons. The summed E-state index contributed by atoms with van der Waals surface area (Å²) in [6, 6.07) is 16.7. The SMILES string of the molecule is N[C@@H]1CCN(C(=O)C(=O)NC(Cc2ccccc2Cl)c2ccccc2)C1. The van der Waals surface area contributed by atoms with Crippen LogP contribution < -0.4 is 11.1 Å². The molecule has 5 nitrogen and oxygen atoms in total. The lowest BCUT2D eigenvalue weighted by Crippen LogP contribution is -2.44. The average molecular weight is 372 g/mol. The predicted molar refractivity (Wildman–Crippen MR) is 102 cm³/mol. The molecule has 0 bridgehead atoms. The standard InChI is InChI=1S/C20H22ClN3O2/c21-17-9-5-4-8-15(17)12-18(14-6-2-1-3-7-14)23-19(25)20(26)24-11-10-16(22)13-24/h1-9,16,18H,10-13,22H2,(H,23,25)/t16-,18?/m1/s1. The number of rotatable bonds is 4. The van der Waals surface area contributed by atoms with E-state index in [1.54, 1.807) is 0 Å². The molecule has 1 aliphatic rings. The van der Waals surface area contributed by atoms with Crippen LogP contribution in [0.4, 0.5) is 0 Å². The lowest BCUT2D eigenvalue weighted by Gasteiger charge is -2.22. The van der Waals surface area contributed by atoms with Crippen LogP contribution in [0.5, 0.6) is 0 Å². The Hall–Kier alpha value is -2.37. The van der Waals surface area contributed by atoms with Crippen LogP contribution in [0.15, 0.2) is 54.6 Å². The third kappa shape index (κ3) is 4.42. The number of nitrogens with zero attached hydrogens (tertiary/aromatic N) is 1. The molecule has 0 aromatic heterocycles. The molecule has 0 radical (unpaired) electrons. The van der Waals surface area contributed by atoms with Crippen molar-refractivity contribution in [2.45, 2.75) is 24.9 Å². The smallest absolute Gasteiger partial charge is 0.311 e. The highest BCUT2D eigenvalue weighted by atomic mass is 35.5. The first-order chi connectivity index (χ1) is 12.5. The van der Waals surface area contributed by atoms with Gasteiger partial charge in [-0.3, -0.25) is 9.59 Å². The van der Waals surface area contributed by atoms with Gasteiger partial charge in [-0.25, -0.2) is 0 Å². The number of carbonyl (C=O) groups excluding carboxylic acids is 2. The van der Waals surface area contributed by atoms with Gasteiger partial charge in [0.2, 0.25) is 0 Å². The van der Waals surface area contributed by atoms with Crippen LogP contribution in [0.1, 0.15) is 23.6 Å². The number of hydrogen-bond acceptors (Lipinski definition) is 3. The molecule has 3 N–H and O–H groups in total. The molecule has 26 heavy (non-hydrogen) atoms. The largest absolute Gasteiger partial charge is 0.341 e. The Morgan fingerprint density at radius 3 is 2.50 bits per heavy atom. The van der Waals surface area contributed by atoms with Gasteiger partial charge in [-0.2, -0.15) is 0 Å². The number of nitrogens with two attached hydrogens (primary N) is 1. The number of halogens is 1. The number of amides is 2. The molecule has 1 unspecified atom stereocenters. The molecule has 0 spiro atoms. The van der Waals surface area contributed by atoms with Crippen LogP contribution in [-0.4, -0.2) is 35.8 Å². The number of nitrogens with one attached hydrogen (secondary N) is 1. The molecule has 6 heteroatoms. The highest BCUT2D eigenvalue weighted by Crippen LogP contribution is 2.23. The van der Waals surface area contributed by atoms with Gasteiger partial charge in [-0.15, -0.1) is 0 Å². The van der Waals surface area contributed by atoms with Gasteiger partial charge in [-0.05, 0) is 30.0 Å². The van der Waals surface area contributed by atoms with Gasteiger partial charge in [0.25, 0.3) is 0 Å². The van der Waals surface area contributed by atoms with E-state index in [-0.39, 0.29) is 12.1 Å². The molecule has 0 aliphatic carbocycles. The van der Waals surface area contributed by atoms with Crippen molar-refractivity contribution in [3.63, 3.8) is 0 Å². The Morgan fingerprint density at radius 1 is 1.15 bits per heavy atom. The molecule has 2 atom stereocenters. The van der Waals surface area contributed by atoms with E-state index in [2.05, 4.69) is 5.32 Å². The van der Waals surface area contributed by atoms with Gasteiger partial charge in [-0.1, -0.05) is 60.1 Å². The van der Waals surface area contributed by atoms with E-state index < -0.39 is 11.8 Å². The van der Waals surface area contributed by atoms with Gasteiger partial charge < -0.3 is 16.0 Å². The molecule has 1 saturated heterocycles. The minimum Gasteiger partial charge on any atom is -0.341 e. The summed E-state index contributed by atoms with van der Waals surface area (Å²) in [5.41, 5.74) is 7.67. The molecule has 0 saturated carbocycles. The van der Waals surface area contributed by atoms with E-state index in [1.807, 2.05) is 54.6 Å². The van der Waals surface area contributed by atoms with Crippen LogP contribution in [-0.2, 0) is 16.0 Å². The fourth-order valence-corrected chi connectivity index (χ4v) is 3.37. The molecular formula is C20H22ClN3O2. The third-order valence-electron chi connectivity index (χ3n) is 4.60. The van der Waals surface area contributed by atoms with Crippen molar-refractivity contribution >= 4 is 23.4 Å². The van der Waals surface area contributed by atoms with E-state index in [0.717, 1.165) is 17.5 Å². The summed E-state index contributed by atoms with van der Waals surface area (Å²) in [5.74, 6) is -1.14. The fourth-order valence-electron chi connectivity index (χ4n) is 3.16. The molecule has 2 aromatic carbocycles. The van der Waals surface area contributed by atoms with Crippen molar-refractivity contribution in [1.82, 2.24) is 10.2 Å². The van der Waals surface area contributed by atoms with Crippen molar-refractivity contribution in [3.8, 4) is 0 Å². The second-order valence-electron chi connectivity index (χ2n) is 6.53. The second-order valence-corrected chi connectivity index (χ2v) is 6.94. The van der Waals surface area contributed by atoms with E-state index in [9.17, 15) is 9.59 Å². The zero-order valence-electron chi connectivity index (χ0n) is 14.4. The molecular weight excluding hydrogens is 350 g/mol. The Labute approximate surface area is 158 Å². The van der Waals surface area contributed by atoms with Crippen molar-refractivity contribution in [3.05, 3.63) is 70.7 Å². The lowest BCUT2D eigenvalue weighted by atomic mass is 9.98. The van der Waals surface area contributed by atoms with Crippen LogP contribution in [0, 0.1) is 0 Å². The summed E-state index contributed by atoms with van der Waals surface area (Å²) >= 11 is 6.27. The van der Waals surface area contributed by atoms with E-state index >= 15 is 0 Å². The maximum absolute atomic E-state index is 12.5. The third-order valence-corrected chi connectivity index (χ3v) is 4.96. The first kappa shape index (κ1) is 18.4. The summed E-state index contributed by atoms with van der Waals surface area (Å²) in [7, 11) is 0. The summed E-state index contributed by atoms with van der Waals surface area (Å²) in [5, 5.41) is 3.51. The van der Waals surface area contributed by atoms with Crippen molar-refractivity contribution in [2.75, 3.05) is 13.1 Å². The Bertz CT molecular complexity index is 782. The Balaban J connectivity index is 1.76. The number of likely N-dealkylation sites (tertiary alicyclic amines) is 1. The lowest BCUT2D eigenvalue weighted by molar-refractivity contribution is -0.145. The van der Waals surface area contributed by atoms with Crippen molar-refractivity contribution in [1.29, 1.82) is 0 Å². The Morgan fingerprint density at radius 2 is 1.85 bits per heavy atom. The zero-order valence-corrected chi connectivity index (χ0v) is 15.2. The highest BCUT2D eigenvalue weighted by molar-refractivity contribution is 6.35. The van der Waals surface area contributed by atoms with Crippen molar-refractivity contribution < 1.29 is 9.59 Å². The second kappa shape index (κ2) is 8.34. The minimum absolute atomic E-state index is 0.0557. The van der Waals surface area contributed by atoms with E-state index in [1.165, 1.54) is 4.90 Å². The first-order valence-corrected chi connectivity index (χ1v) is 9.06. The molecule has 1 heterocycles. The summed E-state index contributed by atoms with van der Waals surface area (Å²) in [6.45, 7) is 0.945. The van der Waals surface area contributed by atoms with Gasteiger partial charge in [0.15, 0.2) is 0 Å². The molecule has 2 amide bonds. The van der Waals surface area contributed by atoms with Gasteiger partial charge >= 0.3 is 11.8 Å². The summed E-state index contributed by atoms with van der Waals surface area (Å²) in [6.07, 6.45) is 1.23. The van der Waals surface area contributed by atoms with Gasteiger partial charge in [0.05, 0.1) is 6.04 Å². The molecule has 3 rings (SSSR count). The summed E-state index contributed by atoms with van der Waals surface area (Å²) < 4.78 is 0. The van der Waals surface area contributed by atoms with Crippen LogP contribution in [0.25, 0.3) is 0 Å². The average Bonchev–Trinajstić information content (AvgIpc) is 3.09. The zero-order chi connectivity index (χ0) is 18.5. The maximum atomic E-state index is 12.5. The fraction of sp³-hybridized carbons (Fsp3) is 0.300. The monoisotopic (exact) mass is 371 g/mol. The van der Waals surface area contributed by atoms with Crippen LogP contribution in [0.2, 0.25) is 5.02 Å². The predicted octanol–water partition coefficient (Wildman–Crippen LogP) is 2.30. The quantitative estimate of drug-likeness (QED) is 0.810. The van der Waals surface area contributed by atoms with Crippen LogP contribution in [0.3, 0.4) is 0 Å². The van der Waals surface area contributed by atoms with Gasteiger partial charge in [0, 0.05) is 24.2 Å². The number of carbonyl (C=O) groups is 2. The van der Waals surface area contributed by atoms with Crippen molar-refractivity contribution in [2.24, 2.45) is 5.73 Å². The van der Waals surface area contributed by atoms with Crippen LogP contribution >= 0.6 is 11.6 Å². The number of hydrogen-bond donors (Lipinski definition) is 2. The van der Waals surface area contributed by atoms with E-state index in [0.29, 0.717) is 24.5 Å². The van der Waals surface area contributed by atoms with Gasteiger partial charge in [0.1, 0.15) is 0 Å². The minimum atomic E-state index is -0.611.